The smallest absolute Gasteiger partial charge is 0.234 e. The summed E-state index contributed by atoms with van der Waals surface area (Å²) in [6.45, 7) is 2.36. The van der Waals surface area contributed by atoms with E-state index in [2.05, 4.69) is 5.32 Å². The Hall–Kier alpha value is -1.68. The number of carbonyl (C=O) groups excluding carboxylic acids is 2. The molecule has 1 aliphatic heterocycles. The van der Waals surface area contributed by atoms with Crippen LogP contribution in [0, 0.1) is 0 Å². The molecule has 1 aromatic carbocycles. The first kappa shape index (κ1) is 12.8. The number of ketones is 1. The molecule has 1 N–H and O–H groups in total. The standard InChI is InChI=1S/C14H18N2O2/c17-13-6-8-16(9-7-13)11-14(18)15-10-12-4-2-1-3-5-12/h1-5H,6-11H2,(H,15,18). The first-order valence-electron chi connectivity index (χ1n) is 6.29. The van der Waals surface area contributed by atoms with Crippen molar-refractivity contribution in [1.82, 2.24) is 10.2 Å². The molecule has 0 bridgehead atoms. The molecule has 0 radical (unpaired) electrons. The second kappa shape index (κ2) is 6.31. The van der Waals surface area contributed by atoms with Gasteiger partial charge in [0, 0.05) is 32.5 Å². The van der Waals surface area contributed by atoms with Crippen molar-refractivity contribution in [3.8, 4) is 0 Å². The lowest BCUT2D eigenvalue weighted by molar-refractivity contribution is -0.126. The highest BCUT2D eigenvalue weighted by Gasteiger charge is 2.17. The summed E-state index contributed by atoms with van der Waals surface area (Å²) in [4.78, 5) is 24.8. The fourth-order valence-corrected chi connectivity index (χ4v) is 2.02. The van der Waals surface area contributed by atoms with Gasteiger partial charge in [-0.3, -0.25) is 14.5 Å². The SMILES string of the molecule is O=C1CCN(CC(=O)NCc2ccccc2)CC1. The van der Waals surface area contributed by atoms with Gasteiger partial charge in [0.1, 0.15) is 5.78 Å². The molecule has 0 spiro atoms. The van der Waals surface area contributed by atoms with Gasteiger partial charge >= 0.3 is 0 Å². The zero-order valence-electron chi connectivity index (χ0n) is 10.4. The van der Waals surface area contributed by atoms with Gasteiger partial charge in [-0.05, 0) is 5.56 Å². The first-order valence-corrected chi connectivity index (χ1v) is 6.29. The Kier molecular flexibility index (Phi) is 4.47. The molecule has 0 atom stereocenters. The molecule has 0 unspecified atom stereocenters. The zero-order chi connectivity index (χ0) is 12.8. The maximum Gasteiger partial charge on any atom is 0.234 e. The monoisotopic (exact) mass is 246 g/mol. The molecule has 1 aromatic rings. The van der Waals surface area contributed by atoms with Gasteiger partial charge < -0.3 is 5.32 Å². The Morgan fingerprint density at radius 2 is 1.83 bits per heavy atom. The van der Waals surface area contributed by atoms with Gasteiger partial charge in [0.05, 0.1) is 6.54 Å². The van der Waals surface area contributed by atoms with Gasteiger partial charge in [-0.15, -0.1) is 0 Å². The number of amides is 1. The van der Waals surface area contributed by atoms with Gasteiger partial charge in [-0.1, -0.05) is 30.3 Å². The first-order chi connectivity index (χ1) is 8.74. The number of Topliss-reactive ketones (excluding diaryl/α,β-unsaturated/α-hetero) is 1. The lowest BCUT2D eigenvalue weighted by atomic mass is 10.1. The molecular weight excluding hydrogens is 228 g/mol. The highest BCUT2D eigenvalue weighted by molar-refractivity contribution is 5.81. The van der Waals surface area contributed by atoms with Crippen molar-refractivity contribution < 1.29 is 9.59 Å². The normalized spacial score (nSPS) is 16.6. The molecular formula is C14H18N2O2. The Bertz CT molecular complexity index is 407. The highest BCUT2D eigenvalue weighted by Crippen LogP contribution is 2.04. The largest absolute Gasteiger partial charge is 0.351 e. The Balaban J connectivity index is 1.71. The van der Waals surface area contributed by atoms with E-state index in [9.17, 15) is 9.59 Å². The third-order valence-corrected chi connectivity index (χ3v) is 3.11. The van der Waals surface area contributed by atoms with E-state index in [0.29, 0.717) is 44.8 Å². The van der Waals surface area contributed by atoms with E-state index in [-0.39, 0.29) is 5.91 Å². The molecule has 0 saturated carbocycles. The number of nitrogens with one attached hydrogen (secondary N) is 1. The molecule has 1 amide bonds. The molecule has 2 rings (SSSR count). The van der Waals surface area contributed by atoms with Crippen molar-refractivity contribution in [1.29, 1.82) is 0 Å². The van der Waals surface area contributed by atoms with E-state index in [0.717, 1.165) is 5.56 Å². The minimum absolute atomic E-state index is 0.0215. The maximum atomic E-state index is 11.7. The minimum Gasteiger partial charge on any atom is -0.351 e. The quantitative estimate of drug-likeness (QED) is 0.861. The highest BCUT2D eigenvalue weighted by atomic mass is 16.2. The summed E-state index contributed by atoms with van der Waals surface area (Å²) in [6.07, 6.45) is 1.15. The minimum atomic E-state index is 0.0215. The number of likely N-dealkylation sites (tertiary alicyclic amines) is 1. The van der Waals surface area contributed by atoms with Crippen LogP contribution in [0.1, 0.15) is 18.4 Å². The summed E-state index contributed by atoms with van der Waals surface area (Å²) in [5.41, 5.74) is 1.10. The fourth-order valence-electron chi connectivity index (χ4n) is 2.02. The summed E-state index contributed by atoms with van der Waals surface area (Å²) >= 11 is 0. The van der Waals surface area contributed by atoms with E-state index in [1.165, 1.54) is 0 Å². The van der Waals surface area contributed by atoms with E-state index in [1.54, 1.807) is 0 Å². The predicted octanol–water partition coefficient (Wildman–Crippen LogP) is 0.968. The van der Waals surface area contributed by atoms with Crippen LogP contribution in [0.15, 0.2) is 30.3 Å². The molecule has 96 valence electrons. The van der Waals surface area contributed by atoms with Crippen LogP contribution in [-0.4, -0.2) is 36.2 Å². The molecule has 0 aromatic heterocycles. The van der Waals surface area contributed by atoms with Gasteiger partial charge in [0.2, 0.25) is 5.91 Å². The third-order valence-electron chi connectivity index (χ3n) is 3.11. The predicted molar refractivity (Wildman–Crippen MR) is 69.0 cm³/mol. The number of hydrogen-bond acceptors (Lipinski definition) is 3. The molecule has 1 aliphatic rings. The van der Waals surface area contributed by atoms with E-state index >= 15 is 0 Å². The number of hydrogen-bond donors (Lipinski definition) is 1. The molecule has 18 heavy (non-hydrogen) atoms. The van der Waals surface area contributed by atoms with Crippen molar-refractivity contribution in [2.75, 3.05) is 19.6 Å². The van der Waals surface area contributed by atoms with Crippen LogP contribution >= 0.6 is 0 Å². The lowest BCUT2D eigenvalue weighted by Crippen LogP contribution is -2.41. The Labute approximate surface area is 107 Å². The number of piperidine rings is 1. The summed E-state index contributed by atoms with van der Waals surface area (Å²) in [5, 5.41) is 2.89. The molecule has 0 aliphatic carbocycles. The van der Waals surface area contributed by atoms with E-state index in [4.69, 9.17) is 0 Å². The number of nitrogens with zero attached hydrogens (tertiary/aromatic N) is 1. The van der Waals surface area contributed by atoms with Crippen molar-refractivity contribution in [2.45, 2.75) is 19.4 Å². The van der Waals surface area contributed by atoms with Gasteiger partial charge in [0.25, 0.3) is 0 Å². The fraction of sp³-hybridized carbons (Fsp3) is 0.429. The molecule has 1 fully saturated rings. The van der Waals surface area contributed by atoms with Crippen LogP contribution in [0.2, 0.25) is 0 Å². The van der Waals surface area contributed by atoms with Crippen LogP contribution in [-0.2, 0) is 16.1 Å². The molecule has 4 heteroatoms. The average molecular weight is 246 g/mol. The average Bonchev–Trinajstić information content (AvgIpc) is 2.40. The Morgan fingerprint density at radius 3 is 2.50 bits per heavy atom. The maximum absolute atomic E-state index is 11.7. The summed E-state index contributed by atoms with van der Waals surface area (Å²) in [6, 6.07) is 9.84. The van der Waals surface area contributed by atoms with Crippen LogP contribution in [0.4, 0.5) is 0 Å². The van der Waals surface area contributed by atoms with Crippen LogP contribution < -0.4 is 5.32 Å². The van der Waals surface area contributed by atoms with E-state index in [1.807, 2.05) is 35.2 Å². The summed E-state index contributed by atoms with van der Waals surface area (Å²) in [5.74, 6) is 0.323. The zero-order valence-corrected chi connectivity index (χ0v) is 10.4. The second-order valence-electron chi connectivity index (χ2n) is 4.58. The van der Waals surface area contributed by atoms with Crippen molar-refractivity contribution in [3.05, 3.63) is 35.9 Å². The topological polar surface area (TPSA) is 49.4 Å². The Morgan fingerprint density at radius 1 is 1.17 bits per heavy atom. The van der Waals surface area contributed by atoms with Crippen molar-refractivity contribution >= 4 is 11.7 Å². The number of rotatable bonds is 4. The van der Waals surface area contributed by atoms with Crippen LogP contribution in [0.5, 0.6) is 0 Å². The van der Waals surface area contributed by atoms with Gasteiger partial charge in [0.15, 0.2) is 0 Å². The van der Waals surface area contributed by atoms with Crippen molar-refractivity contribution in [3.63, 3.8) is 0 Å². The molecule has 1 heterocycles. The van der Waals surface area contributed by atoms with E-state index < -0.39 is 0 Å². The van der Waals surface area contributed by atoms with Gasteiger partial charge in [-0.2, -0.15) is 0 Å². The molecule has 1 saturated heterocycles. The third kappa shape index (κ3) is 3.96. The van der Waals surface area contributed by atoms with Crippen LogP contribution in [0.25, 0.3) is 0 Å². The van der Waals surface area contributed by atoms with Crippen molar-refractivity contribution in [2.24, 2.45) is 0 Å². The lowest BCUT2D eigenvalue weighted by Gasteiger charge is -2.24. The summed E-state index contributed by atoms with van der Waals surface area (Å²) < 4.78 is 0. The van der Waals surface area contributed by atoms with Gasteiger partial charge in [-0.25, -0.2) is 0 Å². The number of carbonyl (C=O) groups is 2. The summed E-state index contributed by atoms with van der Waals surface area (Å²) in [7, 11) is 0. The van der Waals surface area contributed by atoms with Crippen LogP contribution in [0.3, 0.4) is 0 Å². The number of benzene rings is 1. The molecule has 4 nitrogen and oxygen atoms in total. The second-order valence-corrected chi connectivity index (χ2v) is 4.58.